The van der Waals surface area contributed by atoms with Crippen LogP contribution in [0.15, 0.2) is 47.4 Å². The summed E-state index contributed by atoms with van der Waals surface area (Å²) in [7, 11) is -0.961. The molecule has 148 valence electrons. The number of ether oxygens (including phenoxy) is 2. The summed E-state index contributed by atoms with van der Waals surface area (Å²) in [5, 5.41) is 0.436. The van der Waals surface area contributed by atoms with E-state index in [2.05, 4.69) is 21.3 Å². The minimum absolute atomic E-state index is 0.0974. The molecule has 0 saturated heterocycles. The van der Waals surface area contributed by atoms with Gasteiger partial charge in [-0.1, -0.05) is 23.4 Å². The second-order valence-corrected chi connectivity index (χ2v) is 7.82. The molecule has 0 saturated carbocycles. The lowest BCUT2D eigenvalue weighted by Gasteiger charge is -2.11. The van der Waals surface area contributed by atoms with Gasteiger partial charge in [0.25, 0.3) is 10.0 Å². The van der Waals surface area contributed by atoms with Gasteiger partial charge in [0.05, 0.1) is 30.4 Å². The van der Waals surface area contributed by atoms with Gasteiger partial charge >= 0.3 is 5.97 Å². The molecule has 0 radical (unpaired) electrons. The number of sulfonamides is 1. The SMILES string of the molecule is COC(=O)CCCC#Cc1cc(Cl)ccc1NS(=O)(=O)c1ccc(OC)cc1. The molecule has 0 unspecified atom stereocenters. The maximum Gasteiger partial charge on any atom is 0.305 e. The smallest absolute Gasteiger partial charge is 0.305 e. The van der Waals surface area contributed by atoms with Crippen molar-refractivity contribution in [2.24, 2.45) is 0 Å². The average Bonchev–Trinajstić information content (AvgIpc) is 2.69. The van der Waals surface area contributed by atoms with Crippen molar-refractivity contribution < 1.29 is 22.7 Å². The minimum Gasteiger partial charge on any atom is -0.497 e. The minimum atomic E-state index is -3.80. The maximum atomic E-state index is 12.6. The fourth-order valence-corrected chi connectivity index (χ4v) is 3.50. The van der Waals surface area contributed by atoms with Crippen LogP contribution in [0.4, 0.5) is 5.69 Å². The Bertz CT molecular complexity index is 991. The van der Waals surface area contributed by atoms with Crippen LogP contribution in [0, 0.1) is 11.8 Å². The van der Waals surface area contributed by atoms with Crippen LogP contribution in [-0.2, 0) is 19.6 Å². The van der Waals surface area contributed by atoms with E-state index in [1.54, 1.807) is 30.3 Å². The summed E-state index contributed by atoms with van der Waals surface area (Å²) >= 11 is 6.02. The van der Waals surface area contributed by atoms with Crippen LogP contribution in [0.3, 0.4) is 0 Å². The first-order valence-electron chi connectivity index (χ1n) is 8.38. The van der Waals surface area contributed by atoms with Crippen molar-refractivity contribution in [1.82, 2.24) is 0 Å². The highest BCUT2D eigenvalue weighted by atomic mass is 35.5. The molecule has 0 atom stereocenters. The van der Waals surface area contributed by atoms with Gasteiger partial charge in [0, 0.05) is 17.9 Å². The first-order chi connectivity index (χ1) is 13.4. The lowest BCUT2D eigenvalue weighted by atomic mass is 10.1. The Labute approximate surface area is 169 Å². The largest absolute Gasteiger partial charge is 0.497 e. The van der Waals surface area contributed by atoms with E-state index in [0.29, 0.717) is 34.9 Å². The molecule has 1 N–H and O–H groups in total. The Morgan fingerprint density at radius 3 is 2.50 bits per heavy atom. The van der Waals surface area contributed by atoms with E-state index < -0.39 is 10.0 Å². The van der Waals surface area contributed by atoms with Gasteiger partial charge in [0.15, 0.2) is 0 Å². The number of methoxy groups -OCH3 is 2. The van der Waals surface area contributed by atoms with Gasteiger partial charge in [-0.2, -0.15) is 0 Å². The summed E-state index contributed by atoms with van der Waals surface area (Å²) in [5.74, 6) is 6.09. The van der Waals surface area contributed by atoms with Crippen molar-refractivity contribution >= 4 is 33.3 Å². The highest BCUT2D eigenvalue weighted by Gasteiger charge is 2.16. The van der Waals surface area contributed by atoms with Gasteiger partial charge in [-0.05, 0) is 48.9 Å². The van der Waals surface area contributed by atoms with E-state index in [0.717, 1.165) is 0 Å². The van der Waals surface area contributed by atoms with Crippen LogP contribution in [0.1, 0.15) is 24.8 Å². The molecule has 0 aromatic heterocycles. The van der Waals surface area contributed by atoms with Gasteiger partial charge < -0.3 is 9.47 Å². The van der Waals surface area contributed by atoms with Crippen molar-refractivity contribution in [1.29, 1.82) is 0 Å². The number of nitrogens with one attached hydrogen (secondary N) is 1. The van der Waals surface area contributed by atoms with Gasteiger partial charge in [-0.25, -0.2) is 8.42 Å². The number of carbonyl (C=O) groups is 1. The molecule has 6 nitrogen and oxygen atoms in total. The molecule has 2 aromatic rings. The molecule has 0 bridgehead atoms. The number of benzene rings is 2. The summed E-state index contributed by atoms with van der Waals surface area (Å²) in [6.07, 6.45) is 1.29. The highest BCUT2D eigenvalue weighted by Crippen LogP contribution is 2.24. The first kappa shape index (κ1) is 21.6. The van der Waals surface area contributed by atoms with Crippen LogP contribution >= 0.6 is 11.6 Å². The Kier molecular flexibility index (Phi) is 7.73. The quantitative estimate of drug-likeness (QED) is 0.417. The Balaban J connectivity index is 2.18. The Morgan fingerprint density at radius 1 is 1.14 bits per heavy atom. The molecule has 0 fully saturated rings. The van der Waals surface area contributed by atoms with Crippen LogP contribution < -0.4 is 9.46 Å². The first-order valence-corrected chi connectivity index (χ1v) is 10.2. The molecule has 0 aliphatic carbocycles. The fraction of sp³-hybridized carbons (Fsp3) is 0.250. The second-order valence-electron chi connectivity index (χ2n) is 5.70. The number of hydrogen-bond acceptors (Lipinski definition) is 5. The lowest BCUT2D eigenvalue weighted by molar-refractivity contribution is -0.140. The van der Waals surface area contributed by atoms with Gasteiger partial charge in [0.1, 0.15) is 5.75 Å². The predicted octanol–water partition coefficient (Wildman–Crippen LogP) is 3.84. The molecule has 0 heterocycles. The number of unbranched alkanes of at least 4 members (excludes halogenated alkanes) is 1. The van der Waals surface area contributed by atoms with Crippen LogP contribution in [-0.4, -0.2) is 28.6 Å². The third kappa shape index (κ3) is 6.19. The van der Waals surface area contributed by atoms with Gasteiger partial charge in [-0.15, -0.1) is 0 Å². The molecular weight excluding hydrogens is 402 g/mol. The second kappa shape index (κ2) is 10.0. The third-order valence-corrected chi connectivity index (χ3v) is 5.35. The molecule has 0 spiro atoms. The number of hydrogen-bond donors (Lipinski definition) is 1. The number of halogens is 1. The van der Waals surface area contributed by atoms with E-state index in [1.807, 2.05) is 0 Å². The van der Waals surface area contributed by atoms with E-state index in [-0.39, 0.29) is 17.3 Å². The van der Waals surface area contributed by atoms with E-state index in [1.165, 1.54) is 26.4 Å². The molecule has 0 amide bonds. The van der Waals surface area contributed by atoms with E-state index in [4.69, 9.17) is 16.3 Å². The van der Waals surface area contributed by atoms with Gasteiger partial charge in [-0.3, -0.25) is 9.52 Å². The average molecular weight is 422 g/mol. The number of rotatable bonds is 7. The zero-order chi connectivity index (χ0) is 20.6. The van der Waals surface area contributed by atoms with Crippen molar-refractivity contribution in [3.05, 3.63) is 53.1 Å². The lowest BCUT2D eigenvalue weighted by Crippen LogP contribution is -2.13. The maximum absolute atomic E-state index is 12.6. The molecule has 0 aliphatic rings. The van der Waals surface area contributed by atoms with Crippen LogP contribution in [0.5, 0.6) is 5.75 Å². The summed E-state index contributed by atoms with van der Waals surface area (Å²) in [4.78, 5) is 11.2. The molecular formula is C20H20ClNO5S. The Hall–Kier alpha value is -2.69. The molecule has 28 heavy (non-hydrogen) atoms. The Morgan fingerprint density at radius 2 is 1.86 bits per heavy atom. The number of anilines is 1. The van der Waals surface area contributed by atoms with E-state index in [9.17, 15) is 13.2 Å². The van der Waals surface area contributed by atoms with Crippen LogP contribution in [0.25, 0.3) is 0 Å². The third-order valence-electron chi connectivity index (χ3n) is 3.73. The topological polar surface area (TPSA) is 81.7 Å². The zero-order valence-corrected chi connectivity index (χ0v) is 17.1. The van der Waals surface area contributed by atoms with Gasteiger partial charge in [0.2, 0.25) is 0 Å². The fourth-order valence-electron chi connectivity index (χ4n) is 2.25. The number of esters is 1. The number of carbonyl (C=O) groups excluding carboxylic acids is 1. The van der Waals surface area contributed by atoms with Crippen molar-refractivity contribution in [3.8, 4) is 17.6 Å². The standard InChI is InChI=1S/C20H20ClNO5S/c1-26-17-9-11-18(12-10-17)28(24,25)22-19-13-8-16(21)14-15(19)6-4-3-5-7-20(23)27-2/h8-14,22H,3,5,7H2,1-2H3. The zero-order valence-electron chi connectivity index (χ0n) is 15.5. The summed E-state index contributed by atoms with van der Waals surface area (Å²) in [5.41, 5.74) is 0.767. The van der Waals surface area contributed by atoms with E-state index >= 15 is 0 Å². The summed E-state index contributed by atoms with van der Waals surface area (Å²) in [6.45, 7) is 0. The summed E-state index contributed by atoms with van der Waals surface area (Å²) in [6, 6.07) is 10.8. The molecule has 0 aliphatic heterocycles. The normalized spacial score (nSPS) is 10.5. The predicted molar refractivity (Wildman–Crippen MR) is 108 cm³/mol. The van der Waals surface area contributed by atoms with Crippen molar-refractivity contribution in [2.45, 2.75) is 24.2 Å². The highest BCUT2D eigenvalue weighted by molar-refractivity contribution is 7.92. The summed E-state index contributed by atoms with van der Waals surface area (Å²) < 4.78 is 37.4. The molecule has 2 aromatic carbocycles. The molecule has 8 heteroatoms. The molecule has 2 rings (SSSR count). The van der Waals surface area contributed by atoms with Crippen molar-refractivity contribution in [3.63, 3.8) is 0 Å². The van der Waals surface area contributed by atoms with Crippen LogP contribution in [0.2, 0.25) is 5.02 Å². The van der Waals surface area contributed by atoms with Crippen molar-refractivity contribution in [2.75, 3.05) is 18.9 Å². The monoisotopic (exact) mass is 421 g/mol.